The summed E-state index contributed by atoms with van der Waals surface area (Å²) in [6.45, 7) is 11.1. The number of H-pyrrole nitrogens is 2. The van der Waals surface area contributed by atoms with Crippen molar-refractivity contribution in [1.82, 2.24) is 67.8 Å². The second kappa shape index (κ2) is 31.2. The van der Waals surface area contributed by atoms with Crippen LogP contribution >= 0.6 is 0 Å². The maximum absolute atomic E-state index is 14.3. The molecule has 0 spiro atoms. The Bertz CT molecular complexity index is 2210. The average Bonchev–Trinajstić information content (AvgIpc) is 4.09. The van der Waals surface area contributed by atoms with Crippen molar-refractivity contribution in [2.24, 2.45) is 35.1 Å². The summed E-state index contributed by atoms with van der Waals surface area (Å²) >= 11 is 0. The predicted octanol–water partition coefficient (Wildman–Crippen LogP) is -4.38. The van der Waals surface area contributed by atoms with Crippen LogP contribution in [0.1, 0.15) is 92.5 Å². The Morgan fingerprint density at radius 3 is 1.43 bits per heavy atom. The number of aromatic amines is 2. The molecule has 17 N–H and O–H groups in total. The molecule has 28 heteroatoms. The molecule has 2 aromatic rings. The van der Waals surface area contributed by atoms with Gasteiger partial charge in [0.05, 0.1) is 38.3 Å². The number of rotatable bonds is 33. The van der Waals surface area contributed by atoms with Crippen molar-refractivity contribution < 1.29 is 63.0 Å². The number of carboxylic acid groups (broad SMARTS) is 1. The number of nitrogens with one attached hydrogen (secondary N) is 11. The molecule has 2 aromatic heterocycles. The van der Waals surface area contributed by atoms with Crippen molar-refractivity contribution in [1.29, 1.82) is 0 Å². The summed E-state index contributed by atoms with van der Waals surface area (Å²) in [7, 11) is 0. The van der Waals surface area contributed by atoms with Crippen LogP contribution in [0.3, 0.4) is 0 Å². The highest BCUT2D eigenvalue weighted by atomic mass is 16.4. The number of imidazole rings is 2. The first kappa shape index (κ1) is 62.6. The van der Waals surface area contributed by atoms with Crippen LogP contribution in [0.4, 0.5) is 0 Å². The smallest absolute Gasteiger partial charge is 0.322 e. The molecule has 0 bridgehead atoms. The zero-order valence-electron chi connectivity index (χ0n) is 43.0. The predicted molar refractivity (Wildman–Crippen MR) is 264 cm³/mol. The maximum Gasteiger partial charge on any atom is 0.322 e. The number of carbonyl (C=O) groups excluding carboxylic acids is 10. The molecule has 0 radical (unpaired) electrons. The molecule has 0 saturated heterocycles. The number of nitrogens with two attached hydrogens (primary N) is 2. The number of aliphatic carboxylic acids is 1. The Kier molecular flexibility index (Phi) is 26.4. The Hall–Kier alpha value is -7.49. The van der Waals surface area contributed by atoms with Crippen molar-refractivity contribution >= 4 is 65.0 Å². The number of aliphatic hydroxyl groups is 1. The van der Waals surface area contributed by atoms with Gasteiger partial charge in [-0.1, -0.05) is 74.7 Å². The van der Waals surface area contributed by atoms with Gasteiger partial charge in [-0.25, -0.2) is 9.97 Å². The van der Waals surface area contributed by atoms with Crippen LogP contribution in [0.15, 0.2) is 25.0 Å². The Balaban J connectivity index is 2.36. The van der Waals surface area contributed by atoms with Gasteiger partial charge >= 0.3 is 5.97 Å². The average molecular weight is 1050 g/mol. The fourth-order valence-electron chi connectivity index (χ4n) is 7.07. The molecule has 0 aliphatic heterocycles. The third-order valence-electron chi connectivity index (χ3n) is 12.3. The fraction of sp³-hybridized carbons (Fsp3) is 0.630. The van der Waals surface area contributed by atoms with Gasteiger partial charge in [0.25, 0.3) is 0 Å². The Morgan fingerprint density at radius 1 is 0.541 bits per heavy atom. The summed E-state index contributed by atoms with van der Waals surface area (Å²) < 4.78 is 0. The fourth-order valence-corrected chi connectivity index (χ4v) is 7.07. The molecule has 74 heavy (non-hydrogen) atoms. The molecular weight excluding hydrogens is 971 g/mol. The third kappa shape index (κ3) is 20.6. The quantitative estimate of drug-likeness (QED) is 0.0321. The van der Waals surface area contributed by atoms with Crippen LogP contribution in [0.5, 0.6) is 0 Å². The lowest BCUT2D eigenvalue weighted by Crippen LogP contribution is -2.62. The summed E-state index contributed by atoms with van der Waals surface area (Å²) in [6.07, 6.45) is 5.64. The van der Waals surface area contributed by atoms with Crippen molar-refractivity contribution in [2.45, 2.75) is 142 Å². The molecule has 0 aromatic carbocycles. The lowest BCUT2D eigenvalue weighted by atomic mass is 9.94. The van der Waals surface area contributed by atoms with Crippen molar-refractivity contribution in [2.75, 3.05) is 19.7 Å². The Morgan fingerprint density at radius 2 is 0.973 bits per heavy atom. The number of hydrogen-bond acceptors (Lipinski definition) is 15. The van der Waals surface area contributed by atoms with Gasteiger partial charge in [0.15, 0.2) is 0 Å². The Labute approximate surface area is 428 Å². The van der Waals surface area contributed by atoms with E-state index >= 15 is 0 Å². The van der Waals surface area contributed by atoms with E-state index in [1.54, 1.807) is 48.5 Å². The maximum atomic E-state index is 14.3. The highest BCUT2D eigenvalue weighted by molar-refractivity contribution is 5.98. The van der Waals surface area contributed by atoms with Crippen LogP contribution in [-0.4, -0.2) is 163 Å². The van der Waals surface area contributed by atoms with Gasteiger partial charge in [-0.15, -0.1) is 0 Å². The normalized spacial score (nSPS) is 15.6. The lowest BCUT2D eigenvalue weighted by molar-refractivity contribution is -0.139. The van der Waals surface area contributed by atoms with Crippen LogP contribution in [0.2, 0.25) is 0 Å². The first-order valence-electron chi connectivity index (χ1n) is 24.3. The molecule has 10 amide bonds. The SMILES string of the molecule is CC[C@H](C)[C@H](N)C(=O)N[C@@H](CC(N)=O)C(=O)NCC(=O)N[C@@H](Cc1cnc[nH]1)C(=O)N[C@@H](Cc1cnc[nH]1)C(=O)N[C@H](C(=O)N[C@H](C(=O)N[C@@H](CO)C(=O)N[C@H](C(=O)NCC(=O)O)C(C)C)[C@@H](C)CC)[C@@H](C)CC. The minimum atomic E-state index is -1.61. The van der Waals surface area contributed by atoms with Gasteiger partial charge in [0, 0.05) is 36.6 Å². The van der Waals surface area contributed by atoms with Gasteiger partial charge in [-0.2, -0.15) is 0 Å². The van der Waals surface area contributed by atoms with E-state index in [0.29, 0.717) is 30.7 Å². The van der Waals surface area contributed by atoms with E-state index in [2.05, 4.69) is 67.8 Å². The van der Waals surface area contributed by atoms with E-state index in [4.69, 9.17) is 16.6 Å². The van der Waals surface area contributed by atoms with E-state index in [-0.39, 0.29) is 18.8 Å². The van der Waals surface area contributed by atoms with Crippen LogP contribution < -0.4 is 59.3 Å². The summed E-state index contributed by atoms with van der Waals surface area (Å²) in [5.41, 5.74) is 12.1. The van der Waals surface area contributed by atoms with E-state index in [0.717, 1.165) is 0 Å². The highest BCUT2D eigenvalue weighted by Gasteiger charge is 2.37. The van der Waals surface area contributed by atoms with Crippen molar-refractivity contribution in [3.05, 3.63) is 36.4 Å². The van der Waals surface area contributed by atoms with E-state index in [9.17, 15) is 57.8 Å². The van der Waals surface area contributed by atoms with Crippen LogP contribution in [0.25, 0.3) is 0 Å². The largest absolute Gasteiger partial charge is 0.480 e. The van der Waals surface area contributed by atoms with E-state index < -0.39 is 157 Å². The molecule has 0 fully saturated rings. The molecular formula is C46H75N15O13. The van der Waals surface area contributed by atoms with Gasteiger partial charge in [-0.3, -0.25) is 52.7 Å². The first-order chi connectivity index (χ1) is 34.9. The molecule has 2 rings (SSSR count). The number of amides is 10. The van der Waals surface area contributed by atoms with Gasteiger partial charge in [-0.05, 0) is 23.7 Å². The number of primary amides is 1. The molecule has 2 heterocycles. The third-order valence-corrected chi connectivity index (χ3v) is 12.3. The number of carbonyl (C=O) groups is 11. The van der Waals surface area contributed by atoms with E-state index in [1.807, 2.05) is 6.92 Å². The minimum Gasteiger partial charge on any atom is -0.480 e. The van der Waals surface area contributed by atoms with Crippen LogP contribution in [0, 0.1) is 23.7 Å². The van der Waals surface area contributed by atoms with Gasteiger partial charge < -0.3 is 79.5 Å². The number of aliphatic hydroxyl groups excluding tert-OH is 1. The minimum absolute atomic E-state index is 0.200. The standard InChI is InChI=1S/C46H75N15O13/c1-9-23(6)35(48)43(71)57-30(14-32(47)63)39(67)51-17-33(64)55-28(12-26-15-49-20-53-26)40(68)56-29(13-27-16-50-21-54-27)41(69)60-38(25(8)11-3)46(74)61-37(24(7)10-2)45(73)58-31(19-62)42(70)59-36(22(4)5)44(72)52-18-34(65)66/h15-16,20-25,28-31,35-38,62H,9-14,17-19,48H2,1-8H3,(H2,47,63)(H,49,53)(H,50,54)(H,51,67)(H,52,72)(H,55,64)(H,56,68)(H,57,71)(H,58,73)(H,59,70)(H,60,69)(H,61,74)(H,65,66)/t23-,24-,25-,28-,29-,30-,31-,35-,36-,37-,38-/m0/s1. The molecule has 412 valence electrons. The number of aromatic nitrogens is 4. The topological polar surface area (TPSA) is 446 Å². The highest BCUT2D eigenvalue weighted by Crippen LogP contribution is 2.14. The van der Waals surface area contributed by atoms with Gasteiger partial charge in [0.1, 0.15) is 48.8 Å². The van der Waals surface area contributed by atoms with Crippen LogP contribution in [-0.2, 0) is 65.6 Å². The zero-order chi connectivity index (χ0) is 55.8. The molecule has 28 nitrogen and oxygen atoms in total. The number of carboxylic acids is 1. The number of hydrogen-bond donors (Lipinski definition) is 15. The first-order valence-corrected chi connectivity index (χ1v) is 24.3. The second-order valence-electron chi connectivity index (χ2n) is 18.4. The zero-order valence-corrected chi connectivity index (χ0v) is 43.0. The molecule has 0 aliphatic carbocycles. The molecule has 0 saturated carbocycles. The summed E-state index contributed by atoms with van der Waals surface area (Å²) in [5.74, 6) is -12.0. The lowest BCUT2D eigenvalue weighted by Gasteiger charge is -2.31. The second-order valence-corrected chi connectivity index (χ2v) is 18.4. The van der Waals surface area contributed by atoms with E-state index in [1.165, 1.54) is 25.0 Å². The summed E-state index contributed by atoms with van der Waals surface area (Å²) in [5, 5.41) is 41.4. The monoisotopic (exact) mass is 1050 g/mol. The van der Waals surface area contributed by atoms with Gasteiger partial charge in [0.2, 0.25) is 59.1 Å². The number of nitrogens with zero attached hydrogens (tertiary/aromatic N) is 2. The molecule has 0 aliphatic rings. The summed E-state index contributed by atoms with van der Waals surface area (Å²) in [6, 6.07) is -10.9. The van der Waals surface area contributed by atoms with Crippen molar-refractivity contribution in [3.8, 4) is 0 Å². The summed E-state index contributed by atoms with van der Waals surface area (Å²) in [4.78, 5) is 158. The molecule has 0 unspecified atom stereocenters. The molecule has 11 atom stereocenters. The van der Waals surface area contributed by atoms with Crippen molar-refractivity contribution in [3.63, 3.8) is 0 Å².